The van der Waals surface area contributed by atoms with Gasteiger partial charge in [-0.2, -0.15) is 0 Å². The van der Waals surface area contributed by atoms with Gasteiger partial charge in [-0.1, -0.05) is 46.9 Å². The predicted molar refractivity (Wildman–Crippen MR) is 113 cm³/mol. The third-order valence-electron chi connectivity index (χ3n) is 4.57. The van der Waals surface area contributed by atoms with E-state index in [2.05, 4.69) is 20.3 Å². The number of aromatic nitrogens is 5. The Balaban J connectivity index is 1.51. The van der Waals surface area contributed by atoms with Gasteiger partial charge in [-0.3, -0.25) is 14.7 Å². The van der Waals surface area contributed by atoms with Crippen LogP contribution in [0, 0.1) is 0 Å². The van der Waals surface area contributed by atoms with E-state index in [9.17, 15) is 4.79 Å². The van der Waals surface area contributed by atoms with E-state index in [1.54, 1.807) is 15.8 Å². The molecule has 7 nitrogen and oxygen atoms in total. The second-order valence-electron chi connectivity index (χ2n) is 6.50. The number of fused-ring (bicyclic) bond motifs is 2. The Labute approximate surface area is 170 Å². The van der Waals surface area contributed by atoms with Crippen molar-refractivity contribution in [3.05, 3.63) is 78.6 Å². The van der Waals surface area contributed by atoms with Crippen LogP contribution in [0.4, 0.5) is 5.13 Å². The maximum absolute atomic E-state index is 13.3. The van der Waals surface area contributed by atoms with E-state index in [-0.39, 0.29) is 12.5 Å². The minimum atomic E-state index is -0.120. The van der Waals surface area contributed by atoms with Gasteiger partial charge in [0.05, 0.1) is 28.0 Å². The third kappa shape index (κ3) is 3.45. The smallest absolute Gasteiger partial charge is 0.250 e. The van der Waals surface area contributed by atoms with Gasteiger partial charge in [0.25, 0.3) is 5.91 Å². The summed E-state index contributed by atoms with van der Waals surface area (Å²) >= 11 is 1.49. The summed E-state index contributed by atoms with van der Waals surface area (Å²) in [5.74, 6) is -0.120. The lowest BCUT2D eigenvalue weighted by atomic mass is 10.3. The first-order valence-corrected chi connectivity index (χ1v) is 9.94. The molecule has 0 atom stereocenters. The number of anilines is 1. The molecule has 0 saturated carbocycles. The van der Waals surface area contributed by atoms with Gasteiger partial charge in [0.1, 0.15) is 12.1 Å². The number of nitrogens with zero attached hydrogens (tertiary/aromatic N) is 6. The number of amides is 1. The molecule has 3 heterocycles. The second-order valence-corrected chi connectivity index (χ2v) is 7.51. The van der Waals surface area contributed by atoms with Gasteiger partial charge in [0.15, 0.2) is 5.13 Å². The Morgan fingerprint density at radius 2 is 1.76 bits per heavy atom. The molecule has 0 N–H and O–H groups in total. The summed E-state index contributed by atoms with van der Waals surface area (Å²) in [6, 6.07) is 21.1. The molecule has 2 aromatic carbocycles. The summed E-state index contributed by atoms with van der Waals surface area (Å²) < 4.78 is 2.66. The van der Waals surface area contributed by atoms with Crippen LogP contribution < -0.4 is 4.90 Å². The van der Waals surface area contributed by atoms with Crippen LogP contribution in [0.2, 0.25) is 0 Å². The van der Waals surface area contributed by atoms with E-state index in [1.807, 2.05) is 66.7 Å². The highest BCUT2D eigenvalue weighted by molar-refractivity contribution is 7.22. The van der Waals surface area contributed by atoms with Crippen molar-refractivity contribution >= 4 is 43.6 Å². The zero-order valence-corrected chi connectivity index (χ0v) is 16.2. The highest BCUT2D eigenvalue weighted by Gasteiger charge is 2.22. The average molecular weight is 400 g/mol. The van der Waals surface area contributed by atoms with Crippen LogP contribution in [0.15, 0.2) is 72.9 Å². The maximum Gasteiger partial charge on any atom is 0.250 e. The van der Waals surface area contributed by atoms with E-state index in [1.165, 1.54) is 11.3 Å². The zero-order valence-electron chi connectivity index (χ0n) is 15.3. The van der Waals surface area contributed by atoms with Crippen LogP contribution in [-0.2, 0) is 17.9 Å². The van der Waals surface area contributed by atoms with Gasteiger partial charge in [-0.15, -0.1) is 5.10 Å². The number of carbonyl (C=O) groups is 1. The van der Waals surface area contributed by atoms with E-state index in [0.29, 0.717) is 11.7 Å². The number of thiazole rings is 1. The fourth-order valence-electron chi connectivity index (χ4n) is 3.14. The van der Waals surface area contributed by atoms with Gasteiger partial charge in [0, 0.05) is 6.20 Å². The molecular weight excluding hydrogens is 384 g/mol. The van der Waals surface area contributed by atoms with E-state index >= 15 is 0 Å². The Hall–Kier alpha value is -3.65. The van der Waals surface area contributed by atoms with E-state index in [0.717, 1.165) is 26.9 Å². The second kappa shape index (κ2) is 7.40. The quantitative estimate of drug-likeness (QED) is 0.450. The Bertz CT molecular complexity index is 1260. The first kappa shape index (κ1) is 17.4. The Morgan fingerprint density at radius 1 is 0.966 bits per heavy atom. The first-order chi connectivity index (χ1) is 14.3. The number of pyridine rings is 1. The molecule has 0 aliphatic carbocycles. The summed E-state index contributed by atoms with van der Waals surface area (Å²) in [4.78, 5) is 24.0. The third-order valence-corrected chi connectivity index (χ3v) is 5.63. The molecule has 29 heavy (non-hydrogen) atoms. The van der Waals surface area contributed by atoms with Gasteiger partial charge >= 0.3 is 0 Å². The van der Waals surface area contributed by atoms with Crippen molar-refractivity contribution in [1.82, 2.24) is 25.0 Å². The van der Waals surface area contributed by atoms with Crippen LogP contribution in [-0.4, -0.2) is 30.9 Å². The monoisotopic (exact) mass is 400 g/mol. The van der Waals surface area contributed by atoms with Crippen molar-refractivity contribution in [2.45, 2.75) is 13.1 Å². The number of rotatable bonds is 5. The number of hydrogen-bond acceptors (Lipinski definition) is 6. The normalized spacial score (nSPS) is 11.2. The van der Waals surface area contributed by atoms with Crippen molar-refractivity contribution in [2.24, 2.45) is 0 Å². The van der Waals surface area contributed by atoms with Crippen molar-refractivity contribution in [2.75, 3.05) is 4.90 Å². The van der Waals surface area contributed by atoms with E-state index in [4.69, 9.17) is 0 Å². The minimum Gasteiger partial charge on any atom is -0.280 e. The molecule has 0 spiro atoms. The fraction of sp³-hybridized carbons (Fsp3) is 0.0952. The van der Waals surface area contributed by atoms with Crippen molar-refractivity contribution in [1.29, 1.82) is 0 Å². The van der Waals surface area contributed by atoms with Gasteiger partial charge in [-0.05, 0) is 36.4 Å². The van der Waals surface area contributed by atoms with Crippen LogP contribution in [0.1, 0.15) is 5.69 Å². The SMILES string of the molecule is O=C(Cn1nnc2ccccc21)N(Cc1ccccn1)c1nc2ccccc2s1. The molecule has 0 radical (unpaired) electrons. The Morgan fingerprint density at radius 3 is 2.59 bits per heavy atom. The zero-order chi connectivity index (χ0) is 19.6. The van der Waals surface area contributed by atoms with Gasteiger partial charge in [0.2, 0.25) is 0 Å². The van der Waals surface area contributed by atoms with Crippen LogP contribution in [0.3, 0.4) is 0 Å². The van der Waals surface area contributed by atoms with Crippen molar-refractivity contribution in [3.63, 3.8) is 0 Å². The first-order valence-electron chi connectivity index (χ1n) is 9.12. The average Bonchev–Trinajstić information content (AvgIpc) is 3.37. The number of benzene rings is 2. The van der Waals surface area contributed by atoms with Gasteiger partial charge in [-0.25, -0.2) is 9.67 Å². The van der Waals surface area contributed by atoms with Crippen molar-refractivity contribution in [3.8, 4) is 0 Å². The molecule has 0 saturated heterocycles. The fourth-order valence-corrected chi connectivity index (χ4v) is 4.12. The minimum absolute atomic E-state index is 0.0727. The van der Waals surface area contributed by atoms with Gasteiger partial charge < -0.3 is 0 Å². The highest BCUT2D eigenvalue weighted by atomic mass is 32.1. The molecule has 8 heteroatoms. The summed E-state index contributed by atoms with van der Waals surface area (Å²) in [5, 5.41) is 8.93. The molecule has 0 fully saturated rings. The number of hydrogen-bond donors (Lipinski definition) is 0. The van der Waals surface area contributed by atoms with Crippen molar-refractivity contribution < 1.29 is 4.79 Å². The summed E-state index contributed by atoms with van der Waals surface area (Å²) in [6.07, 6.45) is 1.72. The van der Waals surface area contributed by atoms with E-state index < -0.39 is 0 Å². The Kier molecular flexibility index (Phi) is 4.45. The summed E-state index contributed by atoms with van der Waals surface area (Å²) in [5.41, 5.74) is 3.25. The van der Waals surface area contributed by atoms with Crippen LogP contribution in [0.25, 0.3) is 21.3 Å². The lowest BCUT2D eigenvalue weighted by Gasteiger charge is -2.19. The predicted octanol–water partition coefficient (Wildman–Crippen LogP) is 3.67. The highest BCUT2D eigenvalue weighted by Crippen LogP contribution is 2.29. The summed E-state index contributed by atoms with van der Waals surface area (Å²) in [6.45, 7) is 0.412. The largest absolute Gasteiger partial charge is 0.280 e. The summed E-state index contributed by atoms with van der Waals surface area (Å²) in [7, 11) is 0. The number of para-hydroxylation sites is 2. The molecule has 0 bridgehead atoms. The topological polar surface area (TPSA) is 76.8 Å². The molecular formula is C21H16N6OS. The molecule has 5 aromatic rings. The maximum atomic E-state index is 13.3. The molecule has 0 aliphatic rings. The lowest BCUT2D eigenvalue weighted by molar-refractivity contribution is -0.119. The molecule has 142 valence electrons. The standard InChI is InChI=1S/C21H16N6OS/c28-20(14-27-18-10-3-1-8-16(18)24-25-27)26(13-15-7-5-6-12-22-15)21-23-17-9-2-4-11-19(17)29-21/h1-12H,13-14H2. The molecule has 0 aliphatic heterocycles. The molecule has 5 rings (SSSR count). The lowest BCUT2D eigenvalue weighted by Crippen LogP contribution is -2.34. The molecule has 0 unspecified atom stereocenters. The number of carbonyl (C=O) groups excluding carboxylic acids is 1. The molecule has 3 aromatic heterocycles. The molecule has 1 amide bonds. The van der Waals surface area contributed by atoms with Crippen LogP contribution in [0.5, 0.6) is 0 Å². The van der Waals surface area contributed by atoms with Crippen LogP contribution >= 0.6 is 11.3 Å².